The molecule has 0 saturated heterocycles. The largest absolute Gasteiger partial charge is 0.475 e. The number of aliphatic hydroxyl groups excluding tert-OH is 2. The first-order valence-corrected chi connectivity index (χ1v) is 13.9. The third kappa shape index (κ3) is 4.75. The molecule has 1 aromatic carbocycles. The molecule has 5 rings (SSSR count). The van der Waals surface area contributed by atoms with Crippen LogP contribution in [0.5, 0.6) is 5.88 Å². The first-order valence-electron chi connectivity index (χ1n) is 12.3. The lowest BCUT2D eigenvalue weighted by Crippen LogP contribution is -2.47. The maximum absolute atomic E-state index is 13.4. The highest BCUT2D eigenvalue weighted by Gasteiger charge is 2.31. The third-order valence-electron chi connectivity index (χ3n) is 7.33. The molecule has 0 fully saturated rings. The first-order chi connectivity index (χ1) is 16.9. The van der Waals surface area contributed by atoms with Crippen LogP contribution in [0.3, 0.4) is 0 Å². The van der Waals surface area contributed by atoms with Crippen LogP contribution in [-0.4, -0.2) is 74.0 Å². The van der Waals surface area contributed by atoms with Crippen LogP contribution in [0.15, 0.2) is 21.5 Å². The molecule has 2 aliphatic carbocycles. The Bertz CT molecular complexity index is 1210. The first kappa shape index (κ1) is 24.4. The van der Waals surface area contributed by atoms with E-state index in [9.17, 15) is 19.2 Å². The van der Waals surface area contributed by atoms with E-state index in [1.165, 1.54) is 28.5 Å². The molecule has 2 aromatic rings. The summed E-state index contributed by atoms with van der Waals surface area (Å²) in [4.78, 5) is 15.1. The molecule has 190 valence electrons. The van der Waals surface area contributed by atoms with E-state index in [-0.39, 0.29) is 43.1 Å². The van der Waals surface area contributed by atoms with E-state index in [1.807, 2.05) is 4.90 Å². The molecule has 2 atom stereocenters. The Morgan fingerprint density at radius 3 is 2.46 bits per heavy atom. The lowest BCUT2D eigenvalue weighted by atomic mass is 9.92. The van der Waals surface area contributed by atoms with Crippen LogP contribution < -0.4 is 9.88 Å². The van der Waals surface area contributed by atoms with Gasteiger partial charge in [-0.05, 0) is 66.3 Å². The number of rotatable bonds is 8. The molecule has 1 aliphatic heterocycles. The van der Waals surface area contributed by atoms with Gasteiger partial charge in [0, 0.05) is 13.1 Å². The average molecular weight is 504 g/mol. The van der Waals surface area contributed by atoms with E-state index in [4.69, 9.17) is 9.88 Å². The number of carbonyl (C=O) groups excluding carboxylic acids is 1. The normalized spacial score (nSPS) is 20.2. The number of nitrogens with two attached hydrogens (primary N) is 1. The summed E-state index contributed by atoms with van der Waals surface area (Å²) in [6.07, 6.45) is 7.70. The second kappa shape index (κ2) is 9.98. The summed E-state index contributed by atoms with van der Waals surface area (Å²) < 4.78 is 24.8. The topological polar surface area (TPSA) is 143 Å². The van der Waals surface area contributed by atoms with Crippen molar-refractivity contribution in [2.24, 2.45) is 9.50 Å². The zero-order chi connectivity index (χ0) is 24.6. The van der Waals surface area contributed by atoms with Gasteiger partial charge < -0.3 is 14.9 Å². The molecule has 11 heteroatoms. The molecule has 2 unspecified atom stereocenters. The van der Waals surface area contributed by atoms with Crippen molar-refractivity contribution in [2.45, 2.75) is 62.4 Å². The highest BCUT2D eigenvalue weighted by atomic mass is 32.2. The van der Waals surface area contributed by atoms with Gasteiger partial charge in [-0.2, -0.15) is 5.10 Å². The number of ether oxygens (including phenoxy) is 1. The van der Waals surface area contributed by atoms with Gasteiger partial charge in [0.25, 0.3) is 5.91 Å². The van der Waals surface area contributed by atoms with Gasteiger partial charge in [-0.1, -0.05) is 6.07 Å². The molecule has 35 heavy (non-hydrogen) atoms. The van der Waals surface area contributed by atoms with Gasteiger partial charge in [-0.3, -0.25) is 9.69 Å². The molecule has 3 aliphatic rings. The van der Waals surface area contributed by atoms with Gasteiger partial charge in [0.05, 0.1) is 38.4 Å². The number of hydrogen-bond donors (Lipinski definition) is 3. The lowest BCUT2D eigenvalue weighted by molar-refractivity contribution is -0.117. The summed E-state index contributed by atoms with van der Waals surface area (Å²) in [5.74, 6) is -0.239. The Labute approximate surface area is 205 Å². The quantitative estimate of drug-likeness (QED) is 0.472. The van der Waals surface area contributed by atoms with E-state index >= 15 is 0 Å². The van der Waals surface area contributed by atoms with E-state index in [0.717, 1.165) is 44.1 Å². The maximum Gasteiger partial charge on any atom is 0.259 e. The average Bonchev–Trinajstić information content (AvgIpc) is 3.57. The molecule has 10 nitrogen and oxygen atoms in total. The Morgan fingerprint density at radius 1 is 1.17 bits per heavy atom. The van der Waals surface area contributed by atoms with Gasteiger partial charge in [0.15, 0.2) is 0 Å². The zero-order valence-electron chi connectivity index (χ0n) is 19.8. The highest BCUT2D eigenvalue weighted by Crippen LogP contribution is 2.36. The van der Waals surface area contributed by atoms with Crippen molar-refractivity contribution in [3.8, 4) is 5.88 Å². The minimum Gasteiger partial charge on any atom is -0.475 e. The number of aryl methyl sites for hydroxylation is 2. The Hall–Kier alpha value is -2.31. The van der Waals surface area contributed by atoms with Crippen molar-refractivity contribution in [3.05, 3.63) is 40.1 Å². The number of nitrogens with zero attached hydrogens (tertiary/aromatic N) is 4. The van der Waals surface area contributed by atoms with Gasteiger partial charge in [-0.25, -0.2) is 14.0 Å². The molecule has 0 spiro atoms. The van der Waals surface area contributed by atoms with Crippen LogP contribution in [-0.2, 0) is 53.4 Å². The van der Waals surface area contributed by atoms with Crippen LogP contribution in [0.4, 0.5) is 0 Å². The van der Waals surface area contributed by atoms with Crippen molar-refractivity contribution >= 4 is 15.8 Å². The summed E-state index contributed by atoms with van der Waals surface area (Å²) in [5.41, 5.74) is 6.29. The zero-order valence-corrected chi connectivity index (χ0v) is 20.6. The number of amides is 1. The fourth-order valence-corrected chi connectivity index (χ4v) is 6.83. The number of fused-ring (bicyclic) bond motifs is 3. The van der Waals surface area contributed by atoms with Crippen molar-refractivity contribution in [1.29, 1.82) is 0 Å². The molecule has 4 N–H and O–H groups in total. The molecule has 0 saturated carbocycles. The Balaban J connectivity index is 1.37. The minimum atomic E-state index is -3.54. The Morgan fingerprint density at radius 2 is 1.83 bits per heavy atom. The van der Waals surface area contributed by atoms with Crippen molar-refractivity contribution in [3.63, 3.8) is 0 Å². The molecule has 0 radical (unpaired) electrons. The van der Waals surface area contributed by atoms with Crippen molar-refractivity contribution < 1.29 is 24.0 Å². The van der Waals surface area contributed by atoms with Gasteiger partial charge >= 0.3 is 0 Å². The SMILES string of the molecule is NS(=O)(=NC(=O)Cc1c2c(cc3c1CCC3)CCC2)c1cnn2c1OCC(N(CCO)CCO)C2. The fourth-order valence-electron chi connectivity index (χ4n) is 5.75. The number of carbonyl (C=O) groups is 1. The molecule has 2 heterocycles. The molecular formula is C24H33N5O5S. The summed E-state index contributed by atoms with van der Waals surface area (Å²) >= 11 is 0. The minimum absolute atomic E-state index is 0.0425. The summed E-state index contributed by atoms with van der Waals surface area (Å²) in [7, 11) is -3.54. The van der Waals surface area contributed by atoms with Crippen molar-refractivity contribution in [1.82, 2.24) is 14.7 Å². The van der Waals surface area contributed by atoms with Gasteiger partial charge in [-0.15, -0.1) is 4.36 Å². The van der Waals surface area contributed by atoms with E-state index < -0.39 is 15.8 Å². The summed E-state index contributed by atoms with van der Waals surface area (Å²) in [6.45, 7) is 1.37. The molecular weight excluding hydrogens is 470 g/mol. The molecule has 0 bridgehead atoms. The maximum atomic E-state index is 13.4. The highest BCUT2D eigenvalue weighted by molar-refractivity contribution is 7.91. The predicted octanol–water partition coefficient (Wildman–Crippen LogP) is 0.378. The van der Waals surface area contributed by atoms with E-state index in [0.29, 0.717) is 19.6 Å². The van der Waals surface area contributed by atoms with Crippen LogP contribution in [0, 0.1) is 0 Å². The fraction of sp³-hybridized carbons (Fsp3) is 0.583. The monoisotopic (exact) mass is 503 g/mol. The number of benzene rings is 1. The third-order valence-corrected chi connectivity index (χ3v) is 8.71. The summed E-state index contributed by atoms with van der Waals surface area (Å²) in [6, 6.07) is 2.19. The Kier molecular flexibility index (Phi) is 6.95. The van der Waals surface area contributed by atoms with Crippen LogP contribution in [0.2, 0.25) is 0 Å². The van der Waals surface area contributed by atoms with Crippen LogP contribution in [0.1, 0.15) is 40.7 Å². The van der Waals surface area contributed by atoms with E-state index in [2.05, 4.69) is 15.5 Å². The van der Waals surface area contributed by atoms with Crippen LogP contribution >= 0.6 is 0 Å². The van der Waals surface area contributed by atoms with Crippen molar-refractivity contribution in [2.75, 3.05) is 32.9 Å². The standard InChI is InChI=1S/C24H33N5O5S/c25-35(33,22-13-26-29-14-18(15-34-24(22)29)28(7-9-30)8-10-31)27-23(32)12-21-19-5-1-3-16(19)11-17-4-2-6-20(17)21/h11,13,18,30-31H,1-10,12,14-15H2,(H2,25,27,32,33). The second-order valence-electron chi connectivity index (χ2n) is 9.51. The number of hydrogen-bond acceptors (Lipinski definition) is 7. The molecule has 1 amide bonds. The molecule has 1 aromatic heterocycles. The van der Waals surface area contributed by atoms with Crippen LogP contribution in [0.25, 0.3) is 0 Å². The van der Waals surface area contributed by atoms with Gasteiger partial charge in [0.2, 0.25) is 5.88 Å². The predicted molar refractivity (Wildman–Crippen MR) is 129 cm³/mol. The van der Waals surface area contributed by atoms with Gasteiger partial charge in [0.1, 0.15) is 21.4 Å². The number of aromatic nitrogens is 2. The second-order valence-corrected chi connectivity index (χ2v) is 11.3. The number of aliphatic hydroxyl groups is 2. The summed E-state index contributed by atoms with van der Waals surface area (Å²) in [5, 5.41) is 29.0. The van der Waals surface area contributed by atoms with E-state index in [1.54, 1.807) is 4.68 Å². The lowest BCUT2D eigenvalue weighted by Gasteiger charge is -2.33. The smallest absolute Gasteiger partial charge is 0.259 e.